The van der Waals surface area contributed by atoms with Gasteiger partial charge in [0.05, 0.1) is 5.52 Å². The van der Waals surface area contributed by atoms with E-state index < -0.39 is 11.5 Å². The van der Waals surface area contributed by atoms with E-state index in [0.29, 0.717) is 35.1 Å². The predicted octanol–water partition coefficient (Wildman–Crippen LogP) is 4.99. The fourth-order valence-electron chi connectivity index (χ4n) is 3.56. The Kier molecular flexibility index (Phi) is 6.90. The minimum atomic E-state index is -0.684. The second kappa shape index (κ2) is 9.60. The first-order valence-corrected chi connectivity index (χ1v) is 10.6. The Balaban J connectivity index is 1.94. The summed E-state index contributed by atoms with van der Waals surface area (Å²) >= 11 is 0. The average molecular weight is 421 g/mol. The monoisotopic (exact) mass is 420 g/mol. The third-order valence-electron chi connectivity index (χ3n) is 5.14. The van der Waals surface area contributed by atoms with Gasteiger partial charge in [0.2, 0.25) is 0 Å². The zero-order chi connectivity index (χ0) is 22.5. The Morgan fingerprint density at radius 1 is 1.06 bits per heavy atom. The molecule has 0 spiro atoms. The van der Waals surface area contributed by atoms with E-state index in [-0.39, 0.29) is 23.0 Å². The van der Waals surface area contributed by atoms with Crippen molar-refractivity contribution >= 4 is 28.3 Å². The van der Waals surface area contributed by atoms with Crippen LogP contribution in [0.3, 0.4) is 0 Å². The summed E-state index contributed by atoms with van der Waals surface area (Å²) in [6, 6.07) is 13.6. The van der Waals surface area contributed by atoms with Crippen molar-refractivity contribution in [1.29, 1.82) is 0 Å². The van der Waals surface area contributed by atoms with E-state index >= 15 is 0 Å². The molecule has 0 saturated heterocycles. The van der Waals surface area contributed by atoms with E-state index in [1.807, 2.05) is 20.8 Å². The molecule has 0 bridgehead atoms. The van der Waals surface area contributed by atoms with E-state index in [9.17, 15) is 19.5 Å². The van der Waals surface area contributed by atoms with Crippen LogP contribution in [-0.4, -0.2) is 21.4 Å². The Bertz CT molecular complexity index is 1160. The first kappa shape index (κ1) is 22.3. The fourth-order valence-corrected chi connectivity index (χ4v) is 3.56. The normalized spacial score (nSPS) is 11.1. The summed E-state index contributed by atoms with van der Waals surface area (Å²) in [7, 11) is 0. The highest BCUT2D eigenvalue weighted by Crippen LogP contribution is 2.27. The quantitative estimate of drug-likeness (QED) is 0.503. The van der Waals surface area contributed by atoms with Crippen molar-refractivity contribution < 1.29 is 14.7 Å². The number of Topliss-reactive ketones (excluding diaryl/α,β-unsaturated/α-hetero) is 1. The standard InChI is InChI=1S/C25H28N2O4/c1-4-5-10-21(28)17-11-13-18(14-12-17)26-24(30)22-23(29)19-8-6-7-9-20(19)27(25(22)31)15-16(2)3/h6-9,11-14,16,29H,4-5,10,15H2,1-3H3,(H,26,30). The van der Waals surface area contributed by atoms with Gasteiger partial charge in [-0.15, -0.1) is 0 Å². The highest BCUT2D eigenvalue weighted by Gasteiger charge is 2.22. The molecule has 162 valence electrons. The molecule has 6 heteroatoms. The number of hydrogen-bond acceptors (Lipinski definition) is 4. The lowest BCUT2D eigenvalue weighted by molar-refractivity contribution is 0.0978. The maximum absolute atomic E-state index is 13.1. The van der Waals surface area contributed by atoms with Crippen molar-refractivity contribution in [3.05, 3.63) is 70.0 Å². The number of nitrogens with zero attached hydrogens (tertiary/aromatic N) is 1. The molecule has 0 radical (unpaired) electrons. The molecule has 6 nitrogen and oxygen atoms in total. The van der Waals surface area contributed by atoms with Crippen LogP contribution in [0, 0.1) is 5.92 Å². The zero-order valence-corrected chi connectivity index (χ0v) is 18.1. The van der Waals surface area contributed by atoms with Crippen LogP contribution in [0.25, 0.3) is 10.9 Å². The van der Waals surface area contributed by atoms with Gasteiger partial charge in [-0.2, -0.15) is 0 Å². The van der Waals surface area contributed by atoms with E-state index in [1.165, 1.54) is 4.57 Å². The molecule has 0 saturated carbocycles. The number of unbranched alkanes of at least 4 members (excludes halogenated alkanes) is 1. The number of fused-ring (bicyclic) bond motifs is 1. The maximum Gasteiger partial charge on any atom is 0.267 e. The second-order valence-corrected chi connectivity index (χ2v) is 8.11. The van der Waals surface area contributed by atoms with E-state index in [0.717, 1.165) is 12.8 Å². The summed E-state index contributed by atoms with van der Waals surface area (Å²) in [5, 5.41) is 13.8. The van der Waals surface area contributed by atoms with E-state index in [2.05, 4.69) is 5.32 Å². The van der Waals surface area contributed by atoms with Crippen molar-refractivity contribution in [2.75, 3.05) is 5.32 Å². The molecular formula is C25H28N2O4. The van der Waals surface area contributed by atoms with Crippen LogP contribution in [0.5, 0.6) is 5.75 Å². The summed E-state index contributed by atoms with van der Waals surface area (Å²) in [5.41, 5.74) is 0.792. The molecule has 1 amide bonds. The van der Waals surface area contributed by atoms with E-state index in [4.69, 9.17) is 0 Å². The number of hydrogen-bond donors (Lipinski definition) is 2. The number of carbonyl (C=O) groups is 2. The molecule has 1 aromatic heterocycles. The van der Waals surface area contributed by atoms with Crippen LogP contribution in [0.1, 0.15) is 60.7 Å². The van der Waals surface area contributed by atoms with Crippen molar-refractivity contribution in [2.24, 2.45) is 5.92 Å². The molecule has 3 rings (SSSR count). The number of aromatic hydroxyl groups is 1. The highest BCUT2D eigenvalue weighted by molar-refractivity contribution is 6.09. The lowest BCUT2D eigenvalue weighted by atomic mass is 10.1. The molecule has 2 N–H and O–H groups in total. The lowest BCUT2D eigenvalue weighted by Gasteiger charge is -2.16. The largest absolute Gasteiger partial charge is 0.506 e. The molecular weight excluding hydrogens is 392 g/mol. The molecule has 3 aromatic rings. The number of carbonyl (C=O) groups excluding carboxylic acids is 2. The van der Waals surface area contributed by atoms with Gasteiger partial charge in [-0.3, -0.25) is 14.4 Å². The van der Waals surface area contributed by atoms with Gasteiger partial charge in [0.1, 0.15) is 11.3 Å². The first-order valence-electron chi connectivity index (χ1n) is 10.6. The summed E-state index contributed by atoms with van der Waals surface area (Å²) in [4.78, 5) is 38.2. The summed E-state index contributed by atoms with van der Waals surface area (Å²) in [6.07, 6.45) is 2.27. The molecule has 1 heterocycles. The third kappa shape index (κ3) is 4.85. The van der Waals surface area contributed by atoms with Crippen LogP contribution in [0.4, 0.5) is 5.69 Å². The molecule has 2 aromatic carbocycles. The predicted molar refractivity (Wildman–Crippen MR) is 123 cm³/mol. The van der Waals surface area contributed by atoms with Gasteiger partial charge in [-0.05, 0) is 48.7 Å². The van der Waals surface area contributed by atoms with Gasteiger partial charge in [0.25, 0.3) is 11.5 Å². The lowest BCUT2D eigenvalue weighted by Crippen LogP contribution is -2.31. The Hall–Kier alpha value is -3.41. The summed E-state index contributed by atoms with van der Waals surface area (Å²) < 4.78 is 1.53. The van der Waals surface area contributed by atoms with Gasteiger partial charge in [-0.1, -0.05) is 39.3 Å². The number of amides is 1. The first-order chi connectivity index (χ1) is 14.8. The Labute approximate surface area is 181 Å². The van der Waals surface area contributed by atoms with Gasteiger partial charge < -0.3 is 15.0 Å². The Morgan fingerprint density at radius 2 is 1.74 bits per heavy atom. The van der Waals surface area contributed by atoms with Gasteiger partial charge >= 0.3 is 0 Å². The second-order valence-electron chi connectivity index (χ2n) is 8.11. The molecule has 0 aliphatic heterocycles. The molecule has 0 atom stereocenters. The number of pyridine rings is 1. The summed E-state index contributed by atoms with van der Waals surface area (Å²) in [6.45, 7) is 6.42. The van der Waals surface area contributed by atoms with Crippen LogP contribution < -0.4 is 10.9 Å². The Morgan fingerprint density at radius 3 is 2.39 bits per heavy atom. The van der Waals surface area contributed by atoms with Crippen LogP contribution in [0.15, 0.2) is 53.3 Å². The average Bonchev–Trinajstić information content (AvgIpc) is 2.75. The van der Waals surface area contributed by atoms with Crippen LogP contribution in [-0.2, 0) is 6.54 Å². The highest BCUT2D eigenvalue weighted by atomic mass is 16.3. The SMILES string of the molecule is CCCCC(=O)c1ccc(NC(=O)c2c(O)c3ccccc3n(CC(C)C)c2=O)cc1. The molecule has 0 fully saturated rings. The third-order valence-corrected chi connectivity index (χ3v) is 5.14. The van der Waals surface area contributed by atoms with Crippen molar-refractivity contribution in [2.45, 2.75) is 46.6 Å². The number of aromatic nitrogens is 1. The smallest absolute Gasteiger partial charge is 0.267 e. The van der Waals surface area contributed by atoms with Gasteiger partial charge in [0, 0.05) is 29.6 Å². The molecule has 0 aliphatic rings. The molecule has 0 unspecified atom stereocenters. The minimum absolute atomic E-state index is 0.0588. The van der Waals surface area contributed by atoms with E-state index in [1.54, 1.807) is 48.5 Å². The number of anilines is 1. The van der Waals surface area contributed by atoms with Crippen molar-refractivity contribution in [3.63, 3.8) is 0 Å². The van der Waals surface area contributed by atoms with Gasteiger partial charge in [0.15, 0.2) is 5.78 Å². The number of rotatable bonds is 8. The molecule has 0 aliphatic carbocycles. The topological polar surface area (TPSA) is 88.4 Å². The van der Waals surface area contributed by atoms with Crippen LogP contribution in [0.2, 0.25) is 0 Å². The van der Waals surface area contributed by atoms with Gasteiger partial charge in [-0.25, -0.2) is 0 Å². The number of para-hydroxylation sites is 1. The van der Waals surface area contributed by atoms with Crippen LogP contribution >= 0.6 is 0 Å². The number of ketones is 1. The van der Waals surface area contributed by atoms with Crippen molar-refractivity contribution in [1.82, 2.24) is 4.57 Å². The zero-order valence-electron chi connectivity index (χ0n) is 18.1. The fraction of sp³-hybridized carbons (Fsp3) is 0.320. The maximum atomic E-state index is 13.1. The van der Waals surface area contributed by atoms with Crippen molar-refractivity contribution in [3.8, 4) is 5.75 Å². The minimum Gasteiger partial charge on any atom is -0.506 e. The number of nitrogens with one attached hydrogen (secondary N) is 1. The number of benzene rings is 2. The molecule has 31 heavy (non-hydrogen) atoms. The summed E-state index contributed by atoms with van der Waals surface area (Å²) in [5.74, 6) is -0.775.